The summed E-state index contributed by atoms with van der Waals surface area (Å²) in [6.45, 7) is 3.15. The van der Waals surface area contributed by atoms with Gasteiger partial charge in [0.2, 0.25) is 0 Å². The molecule has 0 aliphatic heterocycles. The summed E-state index contributed by atoms with van der Waals surface area (Å²) in [6, 6.07) is 18.5. The van der Waals surface area contributed by atoms with Crippen molar-refractivity contribution in [1.82, 2.24) is 5.43 Å². The summed E-state index contributed by atoms with van der Waals surface area (Å²) < 4.78 is 13.4. The molecule has 0 fully saturated rings. The van der Waals surface area contributed by atoms with Crippen molar-refractivity contribution in [3.63, 3.8) is 0 Å². The summed E-state index contributed by atoms with van der Waals surface area (Å²) in [5.41, 5.74) is 4.98. The van der Waals surface area contributed by atoms with Crippen LogP contribution in [0.4, 0.5) is 0 Å². The average molecular weight is 675 g/mol. The summed E-state index contributed by atoms with van der Waals surface area (Å²) in [6.07, 6.45) is 2.55. The van der Waals surface area contributed by atoms with E-state index in [-0.39, 0.29) is 5.91 Å². The van der Waals surface area contributed by atoms with Crippen LogP contribution < -0.4 is 14.9 Å². The van der Waals surface area contributed by atoms with Crippen LogP contribution >= 0.6 is 56.8 Å². The van der Waals surface area contributed by atoms with Crippen molar-refractivity contribution in [1.29, 1.82) is 0 Å². The van der Waals surface area contributed by atoms with Gasteiger partial charge in [-0.05, 0) is 111 Å². The molecule has 0 aliphatic rings. The van der Waals surface area contributed by atoms with Gasteiger partial charge < -0.3 is 9.47 Å². The van der Waals surface area contributed by atoms with Crippen LogP contribution in [0.2, 0.25) is 5.02 Å². The second kappa shape index (κ2) is 12.4. The van der Waals surface area contributed by atoms with E-state index in [2.05, 4.69) is 55.7 Å². The van der Waals surface area contributed by atoms with Crippen LogP contribution in [0.3, 0.4) is 0 Å². The maximum atomic E-state index is 12.3. The first kappa shape index (κ1) is 24.8. The zero-order valence-electron chi connectivity index (χ0n) is 17.3. The molecule has 0 unspecified atom stereocenters. The predicted molar refractivity (Wildman–Crippen MR) is 145 cm³/mol. The van der Waals surface area contributed by atoms with E-state index in [1.165, 1.54) is 0 Å². The van der Waals surface area contributed by atoms with E-state index in [0.29, 0.717) is 23.8 Å². The van der Waals surface area contributed by atoms with Crippen molar-refractivity contribution in [2.45, 2.75) is 20.0 Å². The van der Waals surface area contributed by atoms with Crippen LogP contribution in [0.5, 0.6) is 11.5 Å². The highest BCUT2D eigenvalue weighted by Crippen LogP contribution is 2.29. The molecule has 0 saturated carbocycles. The van der Waals surface area contributed by atoms with Gasteiger partial charge in [0.25, 0.3) is 5.91 Å². The molecular weight excluding hydrogens is 654 g/mol. The number of carbonyl (C=O) groups excluding carboxylic acids is 1. The van der Waals surface area contributed by atoms with E-state index in [1.54, 1.807) is 30.5 Å². The third kappa shape index (κ3) is 7.35. The van der Waals surface area contributed by atoms with Crippen molar-refractivity contribution in [3.05, 3.63) is 89.5 Å². The Morgan fingerprint density at radius 3 is 2.31 bits per heavy atom. The van der Waals surface area contributed by atoms with E-state index >= 15 is 0 Å². The topological polar surface area (TPSA) is 59.9 Å². The molecule has 0 bridgehead atoms. The molecule has 0 heterocycles. The number of carbonyl (C=O) groups is 1. The van der Waals surface area contributed by atoms with Crippen molar-refractivity contribution in [2.24, 2.45) is 5.10 Å². The molecule has 1 amide bonds. The van der Waals surface area contributed by atoms with Gasteiger partial charge in [0.15, 0.2) is 0 Å². The largest absolute Gasteiger partial charge is 0.494 e. The first-order valence-electron chi connectivity index (χ1n) is 9.89. The van der Waals surface area contributed by atoms with E-state index in [4.69, 9.17) is 21.1 Å². The van der Waals surface area contributed by atoms with Crippen LogP contribution in [0.25, 0.3) is 0 Å². The number of amides is 1. The number of hydrogen-bond donors (Lipinski definition) is 1. The van der Waals surface area contributed by atoms with Crippen LogP contribution in [0.1, 0.15) is 34.8 Å². The molecular formula is C24H21ClI2N2O3. The molecule has 0 spiro atoms. The maximum Gasteiger partial charge on any atom is 0.271 e. The predicted octanol–water partition coefficient (Wildman–Crippen LogP) is 6.68. The summed E-state index contributed by atoms with van der Waals surface area (Å²) in [4.78, 5) is 12.3. The fraction of sp³-hybridized carbons (Fsp3) is 0.167. The Kier molecular flexibility index (Phi) is 9.61. The molecule has 5 nitrogen and oxygen atoms in total. The van der Waals surface area contributed by atoms with Gasteiger partial charge in [-0.15, -0.1) is 0 Å². The van der Waals surface area contributed by atoms with Gasteiger partial charge in [0.1, 0.15) is 18.1 Å². The second-order valence-corrected chi connectivity index (χ2v) is 9.56. The standard InChI is InChI=1S/C24H21ClI2N2O3/c1-2-11-31-20-9-5-18(6-10-20)24(30)29-28-14-17-12-21(26)23(22(27)13-17)32-15-16-3-7-19(25)8-4-16/h3-10,12-14H,2,11,15H2,1H3,(H,29,30)/b28-14-. The maximum absolute atomic E-state index is 12.3. The number of rotatable bonds is 9. The highest BCUT2D eigenvalue weighted by Gasteiger charge is 2.09. The van der Waals surface area contributed by atoms with E-state index in [9.17, 15) is 4.79 Å². The normalized spacial score (nSPS) is 10.9. The van der Waals surface area contributed by atoms with Gasteiger partial charge in [-0.3, -0.25) is 4.79 Å². The minimum Gasteiger partial charge on any atom is -0.494 e. The quantitative estimate of drug-likeness (QED) is 0.157. The first-order chi connectivity index (χ1) is 15.5. The summed E-state index contributed by atoms with van der Waals surface area (Å²) in [5.74, 6) is 1.28. The minimum absolute atomic E-state index is 0.282. The Morgan fingerprint density at radius 2 is 1.69 bits per heavy atom. The highest BCUT2D eigenvalue weighted by molar-refractivity contribution is 14.1. The Bertz CT molecular complexity index is 1060. The number of hydrazone groups is 1. The van der Waals surface area contributed by atoms with Crippen LogP contribution in [0, 0.1) is 7.14 Å². The molecule has 0 radical (unpaired) electrons. The van der Waals surface area contributed by atoms with Gasteiger partial charge in [-0.2, -0.15) is 5.10 Å². The monoisotopic (exact) mass is 674 g/mol. The van der Waals surface area contributed by atoms with E-state index < -0.39 is 0 Å². The molecule has 3 rings (SSSR count). The van der Waals surface area contributed by atoms with Crippen LogP contribution in [-0.4, -0.2) is 18.7 Å². The number of nitrogens with zero attached hydrogens (tertiary/aromatic N) is 1. The van der Waals surface area contributed by atoms with Crippen LogP contribution in [0.15, 0.2) is 65.8 Å². The number of ether oxygens (including phenoxy) is 2. The van der Waals surface area contributed by atoms with Gasteiger partial charge in [-0.25, -0.2) is 5.43 Å². The number of nitrogens with one attached hydrogen (secondary N) is 1. The lowest BCUT2D eigenvalue weighted by Gasteiger charge is -2.11. The smallest absolute Gasteiger partial charge is 0.271 e. The molecule has 0 saturated heterocycles. The fourth-order valence-corrected chi connectivity index (χ4v) is 4.93. The zero-order chi connectivity index (χ0) is 22.9. The Labute approximate surface area is 219 Å². The van der Waals surface area contributed by atoms with Crippen molar-refractivity contribution >= 4 is 68.9 Å². The number of benzene rings is 3. The molecule has 1 N–H and O–H groups in total. The summed E-state index contributed by atoms with van der Waals surface area (Å²) in [7, 11) is 0. The average Bonchev–Trinajstić information content (AvgIpc) is 2.78. The summed E-state index contributed by atoms with van der Waals surface area (Å²) >= 11 is 10.4. The van der Waals surface area contributed by atoms with Crippen molar-refractivity contribution in [3.8, 4) is 11.5 Å². The van der Waals surface area contributed by atoms with E-state index in [0.717, 1.165) is 36.2 Å². The van der Waals surface area contributed by atoms with Crippen molar-refractivity contribution < 1.29 is 14.3 Å². The lowest BCUT2D eigenvalue weighted by atomic mass is 10.2. The van der Waals surface area contributed by atoms with Gasteiger partial charge in [0.05, 0.1) is 20.0 Å². The number of halogens is 3. The molecule has 3 aromatic carbocycles. The second-order valence-electron chi connectivity index (χ2n) is 6.80. The van der Waals surface area contributed by atoms with Crippen LogP contribution in [-0.2, 0) is 6.61 Å². The van der Waals surface area contributed by atoms with Gasteiger partial charge in [-0.1, -0.05) is 30.7 Å². The molecule has 0 aromatic heterocycles. The van der Waals surface area contributed by atoms with Crippen molar-refractivity contribution in [2.75, 3.05) is 6.61 Å². The van der Waals surface area contributed by atoms with E-state index in [1.807, 2.05) is 43.3 Å². The fourth-order valence-electron chi connectivity index (χ4n) is 2.68. The minimum atomic E-state index is -0.282. The first-order valence-corrected chi connectivity index (χ1v) is 12.4. The van der Waals surface area contributed by atoms with Gasteiger partial charge >= 0.3 is 0 Å². The molecule has 166 valence electrons. The molecule has 32 heavy (non-hydrogen) atoms. The Morgan fingerprint density at radius 1 is 1.03 bits per heavy atom. The third-order valence-electron chi connectivity index (χ3n) is 4.29. The zero-order valence-corrected chi connectivity index (χ0v) is 22.3. The number of hydrogen-bond acceptors (Lipinski definition) is 4. The Hall–Kier alpha value is -1.85. The SMILES string of the molecule is CCCOc1ccc(C(=O)N/N=C\c2cc(I)c(OCc3ccc(Cl)cc3)c(I)c2)cc1. The molecule has 8 heteroatoms. The molecule has 3 aromatic rings. The van der Waals surface area contributed by atoms with Gasteiger partial charge in [0, 0.05) is 10.6 Å². The Balaban J connectivity index is 1.58. The lowest BCUT2D eigenvalue weighted by molar-refractivity contribution is 0.0955. The lowest BCUT2D eigenvalue weighted by Crippen LogP contribution is -2.17. The highest BCUT2D eigenvalue weighted by atomic mass is 127. The molecule has 0 aliphatic carbocycles. The third-order valence-corrected chi connectivity index (χ3v) is 6.14. The molecule has 0 atom stereocenters. The summed E-state index contributed by atoms with van der Waals surface area (Å²) in [5, 5.41) is 4.79.